The van der Waals surface area contributed by atoms with E-state index in [1.54, 1.807) is 4.68 Å². The molecule has 4 aromatic rings. The Hall–Kier alpha value is -3.09. The molecule has 0 saturated carbocycles. The summed E-state index contributed by atoms with van der Waals surface area (Å²) in [6.07, 6.45) is 1.99. The van der Waals surface area contributed by atoms with Gasteiger partial charge in [-0.2, -0.15) is 9.78 Å². The number of allylic oxidation sites excluding steroid dienone is 1. The van der Waals surface area contributed by atoms with Crippen LogP contribution in [0.25, 0.3) is 17.4 Å². The van der Waals surface area contributed by atoms with E-state index in [0.29, 0.717) is 5.02 Å². The highest BCUT2D eigenvalue weighted by molar-refractivity contribution is 8.04. The fourth-order valence-electron chi connectivity index (χ4n) is 3.04. The third kappa shape index (κ3) is 3.52. The molecule has 0 bridgehead atoms. The number of benzene rings is 2. The van der Waals surface area contributed by atoms with E-state index >= 15 is 0 Å². The fourth-order valence-corrected chi connectivity index (χ4v) is 4.13. The Bertz CT molecular complexity index is 1240. The highest BCUT2D eigenvalue weighted by Gasteiger charge is 2.23. The van der Waals surface area contributed by atoms with Gasteiger partial charge in [0.2, 0.25) is 5.16 Å². The lowest BCUT2D eigenvalue weighted by atomic mass is 10.1. The smallest absolute Gasteiger partial charge is 0.216 e. The van der Waals surface area contributed by atoms with Crippen LogP contribution in [0.15, 0.2) is 86.3 Å². The van der Waals surface area contributed by atoms with Crippen molar-refractivity contribution < 1.29 is 4.42 Å². The van der Waals surface area contributed by atoms with Gasteiger partial charge in [0, 0.05) is 21.1 Å². The van der Waals surface area contributed by atoms with Crippen LogP contribution in [0, 0.1) is 6.92 Å². The van der Waals surface area contributed by atoms with E-state index in [0.717, 1.165) is 44.2 Å². The lowest BCUT2D eigenvalue weighted by Crippen LogP contribution is -2.12. The number of halogens is 1. The first-order valence-corrected chi connectivity index (χ1v) is 10.2. The van der Waals surface area contributed by atoms with Crippen molar-refractivity contribution >= 4 is 35.2 Å². The number of furan rings is 1. The van der Waals surface area contributed by atoms with Crippen LogP contribution >= 0.6 is 23.4 Å². The van der Waals surface area contributed by atoms with Crippen LogP contribution in [0.3, 0.4) is 0 Å². The van der Waals surface area contributed by atoms with E-state index in [2.05, 4.69) is 10.2 Å². The van der Waals surface area contributed by atoms with Gasteiger partial charge in [-0.05, 0) is 61.2 Å². The fraction of sp³-hybridized carbons (Fsp3) is 0.0455. The zero-order valence-corrected chi connectivity index (χ0v) is 17.0. The standard InChI is InChI=1S/C22H15ClN4OS/c1-14-24-25-22-27(14)26-21(16-5-3-2-4-6-16)20(29-22)13-18-11-12-19(28-18)15-7-9-17(23)10-8-15/h2-13H,1H3/b20-13-. The summed E-state index contributed by atoms with van der Waals surface area (Å²) >= 11 is 7.51. The third-order valence-electron chi connectivity index (χ3n) is 4.48. The molecule has 0 atom stereocenters. The molecule has 2 aromatic carbocycles. The van der Waals surface area contributed by atoms with Gasteiger partial charge >= 0.3 is 0 Å². The molecule has 3 heterocycles. The Morgan fingerprint density at radius 1 is 0.931 bits per heavy atom. The van der Waals surface area contributed by atoms with Crippen molar-refractivity contribution in [3.05, 3.63) is 93.8 Å². The summed E-state index contributed by atoms with van der Waals surface area (Å²) in [5.41, 5.74) is 2.85. The molecule has 0 amide bonds. The van der Waals surface area contributed by atoms with Gasteiger partial charge in [0.1, 0.15) is 17.2 Å². The molecule has 0 aliphatic carbocycles. The minimum atomic E-state index is 0.698. The molecular weight excluding hydrogens is 404 g/mol. The summed E-state index contributed by atoms with van der Waals surface area (Å²) < 4.78 is 7.83. The third-order valence-corrected chi connectivity index (χ3v) is 5.70. The number of hydrogen-bond donors (Lipinski definition) is 0. The molecule has 5 nitrogen and oxygen atoms in total. The molecule has 0 fully saturated rings. The van der Waals surface area contributed by atoms with Crippen molar-refractivity contribution in [2.24, 2.45) is 5.10 Å². The van der Waals surface area contributed by atoms with Crippen LogP contribution in [0.2, 0.25) is 5.02 Å². The van der Waals surface area contributed by atoms with Crippen molar-refractivity contribution in [1.82, 2.24) is 14.9 Å². The van der Waals surface area contributed by atoms with Gasteiger partial charge in [-0.15, -0.1) is 10.2 Å². The normalized spacial score (nSPS) is 14.7. The maximum atomic E-state index is 6.06. The average molecular weight is 419 g/mol. The minimum absolute atomic E-state index is 0.698. The Balaban J connectivity index is 1.56. The van der Waals surface area contributed by atoms with Gasteiger partial charge in [0.25, 0.3) is 0 Å². The monoisotopic (exact) mass is 418 g/mol. The molecule has 0 N–H and O–H groups in total. The van der Waals surface area contributed by atoms with Gasteiger partial charge in [-0.3, -0.25) is 0 Å². The Morgan fingerprint density at radius 2 is 1.72 bits per heavy atom. The Kier molecular flexibility index (Phi) is 4.58. The van der Waals surface area contributed by atoms with Crippen LogP contribution in [-0.2, 0) is 0 Å². The number of nitrogens with zero attached hydrogens (tertiary/aromatic N) is 4. The zero-order valence-electron chi connectivity index (χ0n) is 15.4. The molecule has 142 valence electrons. The maximum absolute atomic E-state index is 6.06. The van der Waals surface area contributed by atoms with Crippen molar-refractivity contribution in [3.8, 4) is 11.3 Å². The summed E-state index contributed by atoms with van der Waals surface area (Å²) in [6.45, 7) is 1.89. The molecule has 2 aromatic heterocycles. The minimum Gasteiger partial charge on any atom is -0.457 e. The summed E-state index contributed by atoms with van der Waals surface area (Å²) in [7, 11) is 0. The molecule has 1 aliphatic heterocycles. The van der Waals surface area contributed by atoms with Crippen molar-refractivity contribution in [1.29, 1.82) is 0 Å². The average Bonchev–Trinajstić information content (AvgIpc) is 3.35. The SMILES string of the molecule is Cc1nnc2n1N=C(c1ccccc1)/C(=C/c1ccc(-c3ccc(Cl)cc3)o1)S2. The van der Waals surface area contributed by atoms with E-state index in [4.69, 9.17) is 21.1 Å². The molecule has 0 unspecified atom stereocenters. The van der Waals surface area contributed by atoms with Gasteiger partial charge in [-0.25, -0.2) is 0 Å². The first-order chi connectivity index (χ1) is 14.2. The second-order valence-electron chi connectivity index (χ2n) is 6.48. The number of rotatable bonds is 3. The summed E-state index contributed by atoms with van der Waals surface area (Å²) in [5.74, 6) is 2.28. The van der Waals surface area contributed by atoms with Crippen LogP contribution in [0.5, 0.6) is 0 Å². The van der Waals surface area contributed by atoms with Gasteiger partial charge in [0.05, 0.1) is 0 Å². The zero-order chi connectivity index (χ0) is 19.8. The molecule has 0 spiro atoms. The highest BCUT2D eigenvalue weighted by atomic mass is 35.5. The maximum Gasteiger partial charge on any atom is 0.216 e. The van der Waals surface area contributed by atoms with E-state index in [1.165, 1.54) is 11.8 Å². The van der Waals surface area contributed by atoms with Crippen LogP contribution in [0.1, 0.15) is 17.1 Å². The largest absolute Gasteiger partial charge is 0.457 e. The Morgan fingerprint density at radius 3 is 2.52 bits per heavy atom. The Labute approximate surface area is 176 Å². The summed E-state index contributed by atoms with van der Waals surface area (Å²) in [4.78, 5) is 0.952. The number of fused-ring (bicyclic) bond motifs is 1. The van der Waals surface area contributed by atoms with E-state index < -0.39 is 0 Å². The lowest BCUT2D eigenvalue weighted by Gasteiger charge is -2.16. The predicted molar refractivity (Wildman–Crippen MR) is 116 cm³/mol. The molecule has 0 saturated heterocycles. The van der Waals surface area contributed by atoms with Gasteiger partial charge in [-0.1, -0.05) is 41.9 Å². The molecule has 29 heavy (non-hydrogen) atoms. The van der Waals surface area contributed by atoms with Crippen molar-refractivity contribution in [3.63, 3.8) is 0 Å². The number of thioether (sulfide) groups is 1. The first-order valence-electron chi connectivity index (χ1n) is 8.99. The van der Waals surface area contributed by atoms with Crippen LogP contribution in [-0.4, -0.2) is 20.6 Å². The number of aromatic nitrogens is 3. The quantitative estimate of drug-likeness (QED) is 0.415. The van der Waals surface area contributed by atoms with Crippen LogP contribution in [0.4, 0.5) is 0 Å². The topological polar surface area (TPSA) is 56.2 Å². The van der Waals surface area contributed by atoms with Crippen molar-refractivity contribution in [2.75, 3.05) is 0 Å². The summed E-state index contributed by atoms with van der Waals surface area (Å²) in [5, 5.41) is 14.6. The second-order valence-corrected chi connectivity index (χ2v) is 7.92. The second kappa shape index (κ2) is 7.39. The summed E-state index contributed by atoms with van der Waals surface area (Å²) in [6, 6.07) is 21.6. The molecular formula is C22H15ClN4OS. The number of aryl methyl sites for hydroxylation is 1. The number of hydrogen-bond acceptors (Lipinski definition) is 5. The predicted octanol–water partition coefficient (Wildman–Crippen LogP) is 5.90. The van der Waals surface area contributed by atoms with E-state index in [1.807, 2.05) is 79.7 Å². The molecule has 1 aliphatic rings. The molecule has 5 rings (SSSR count). The molecule has 7 heteroatoms. The lowest BCUT2D eigenvalue weighted by molar-refractivity contribution is 0.571. The van der Waals surface area contributed by atoms with Gasteiger partial charge < -0.3 is 4.42 Å². The van der Waals surface area contributed by atoms with Crippen molar-refractivity contribution in [2.45, 2.75) is 12.1 Å². The van der Waals surface area contributed by atoms with E-state index in [9.17, 15) is 0 Å². The first kappa shape index (κ1) is 18.0. The highest BCUT2D eigenvalue weighted by Crippen LogP contribution is 2.35. The molecule has 0 radical (unpaired) electrons. The van der Waals surface area contributed by atoms with Crippen LogP contribution < -0.4 is 0 Å². The van der Waals surface area contributed by atoms with E-state index in [-0.39, 0.29) is 0 Å². The van der Waals surface area contributed by atoms with Gasteiger partial charge in [0.15, 0.2) is 5.82 Å².